The zero-order valence-corrected chi connectivity index (χ0v) is 8.86. The van der Waals surface area contributed by atoms with E-state index >= 15 is 0 Å². The third kappa shape index (κ3) is 3.92. The largest absolute Gasteiger partial charge is 0.460 e. The number of hydrogen-bond donors (Lipinski definition) is 0. The van der Waals surface area contributed by atoms with Crippen LogP contribution in [0.15, 0.2) is 12.2 Å². The van der Waals surface area contributed by atoms with E-state index in [4.69, 9.17) is 9.47 Å². The second kappa shape index (κ2) is 5.81. The van der Waals surface area contributed by atoms with Gasteiger partial charge in [-0.2, -0.15) is 0 Å². The molecule has 0 radical (unpaired) electrons. The minimum atomic E-state index is -0.280. The van der Waals surface area contributed by atoms with Gasteiger partial charge in [-0.15, -0.1) is 0 Å². The smallest absolute Gasteiger partial charge is 0.330 e. The summed E-state index contributed by atoms with van der Waals surface area (Å²) in [7, 11) is 0. The van der Waals surface area contributed by atoms with Crippen LogP contribution in [0.2, 0.25) is 0 Å². The Morgan fingerprint density at radius 3 is 2.93 bits per heavy atom. The Balaban J connectivity index is 2.02. The van der Waals surface area contributed by atoms with Gasteiger partial charge in [-0.05, 0) is 13.3 Å². The Morgan fingerprint density at radius 1 is 1.50 bits per heavy atom. The third-order valence-electron chi connectivity index (χ3n) is 2.22. The Labute approximate surface area is 85.1 Å². The molecule has 3 heteroatoms. The fourth-order valence-electron chi connectivity index (χ4n) is 1.33. The van der Waals surface area contributed by atoms with Crippen LogP contribution in [0.1, 0.15) is 33.1 Å². The maximum Gasteiger partial charge on any atom is 0.330 e. The zero-order valence-electron chi connectivity index (χ0n) is 8.86. The maximum absolute atomic E-state index is 10.9. The number of ether oxygens (including phenoxy) is 2. The van der Waals surface area contributed by atoms with E-state index in [0.717, 1.165) is 6.42 Å². The van der Waals surface area contributed by atoms with Gasteiger partial charge in [0, 0.05) is 6.08 Å². The summed E-state index contributed by atoms with van der Waals surface area (Å²) in [6, 6.07) is 0. The zero-order chi connectivity index (χ0) is 10.4. The molecule has 0 aromatic heterocycles. The molecule has 1 fully saturated rings. The highest BCUT2D eigenvalue weighted by Gasteiger charge is 2.38. The number of carbonyl (C=O) groups is 1. The number of hydrogen-bond acceptors (Lipinski definition) is 3. The van der Waals surface area contributed by atoms with Crippen LogP contribution in [0.25, 0.3) is 0 Å². The second-order valence-corrected chi connectivity index (χ2v) is 3.49. The highest BCUT2D eigenvalue weighted by atomic mass is 16.6. The quantitative estimate of drug-likeness (QED) is 0.372. The molecule has 1 saturated heterocycles. The summed E-state index contributed by atoms with van der Waals surface area (Å²) in [5.74, 6) is -0.280. The number of carbonyl (C=O) groups excluding carboxylic acids is 1. The van der Waals surface area contributed by atoms with E-state index in [1.165, 1.54) is 18.9 Å². The summed E-state index contributed by atoms with van der Waals surface area (Å²) in [6.07, 6.45) is 7.02. The van der Waals surface area contributed by atoms with Crippen molar-refractivity contribution in [1.29, 1.82) is 0 Å². The third-order valence-corrected chi connectivity index (χ3v) is 2.22. The van der Waals surface area contributed by atoms with Gasteiger partial charge in [-0.1, -0.05) is 25.8 Å². The Bertz CT molecular complexity index is 211. The van der Waals surface area contributed by atoms with E-state index in [1.807, 2.05) is 0 Å². The summed E-state index contributed by atoms with van der Waals surface area (Å²) in [4.78, 5) is 10.9. The van der Waals surface area contributed by atoms with Crippen molar-refractivity contribution >= 4 is 5.97 Å². The minimum absolute atomic E-state index is 0.149. The van der Waals surface area contributed by atoms with Crippen molar-refractivity contribution in [2.45, 2.75) is 45.3 Å². The van der Waals surface area contributed by atoms with Crippen molar-refractivity contribution in [2.75, 3.05) is 6.61 Å². The van der Waals surface area contributed by atoms with Crippen LogP contribution in [0.5, 0.6) is 0 Å². The molecule has 2 atom stereocenters. The number of rotatable bonds is 6. The van der Waals surface area contributed by atoms with Gasteiger partial charge in [-0.3, -0.25) is 0 Å². The van der Waals surface area contributed by atoms with Crippen molar-refractivity contribution in [3.05, 3.63) is 12.2 Å². The maximum atomic E-state index is 10.9. The molecule has 0 amide bonds. The summed E-state index contributed by atoms with van der Waals surface area (Å²) in [5.41, 5.74) is 0. The lowest BCUT2D eigenvalue weighted by Crippen LogP contribution is -2.09. The van der Waals surface area contributed by atoms with Crippen molar-refractivity contribution < 1.29 is 14.3 Å². The van der Waals surface area contributed by atoms with Crippen LogP contribution in [-0.2, 0) is 14.3 Å². The Kier molecular flexibility index (Phi) is 4.66. The van der Waals surface area contributed by atoms with Gasteiger partial charge in [0.15, 0.2) is 0 Å². The highest BCUT2D eigenvalue weighted by molar-refractivity contribution is 5.81. The molecule has 0 aromatic rings. The molecule has 0 spiro atoms. The average molecular weight is 198 g/mol. The van der Waals surface area contributed by atoms with Crippen molar-refractivity contribution in [3.8, 4) is 0 Å². The van der Waals surface area contributed by atoms with Crippen LogP contribution in [-0.4, -0.2) is 24.8 Å². The van der Waals surface area contributed by atoms with Gasteiger partial charge >= 0.3 is 5.97 Å². The lowest BCUT2D eigenvalue weighted by atomic mass is 10.2. The normalized spacial score (nSPS) is 25.3. The first kappa shape index (κ1) is 11.2. The first-order valence-electron chi connectivity index (χ1n) is 5.22. The molecule has 1 heterocycles. The second-order valence-electron chi connectivity index (χ2n) is 3.49. The molecule has 0 aromatic carbocycles. The van der Waals surface area contributed by atoms with Gasteiger partial charge in [0.1, 0.15) is 12.7 Å². The average Bonchev–Trinajstić information content (AvgIpc) is 2.91. The number of unbranched alkanes of at least 4 members (excludes halogenated alkanes) is 1. The van der Waals surface area contributed by atoms with Gasteiger partial charge in [0.05, 0.1) is 6.10 Å². The van der Waals surface area contributed by atoms with Gasteiger partial charge in [0.25, 0.3) is 0 Å². The molecule has 0 saturated carbocycles. The number of esters is 1. The lowest BCUT2D eigenvalue weighted by Gasteiger charge is -1.97. The molecule has 2 unspecified atom stereocenters. The van der Waals surface area contributed by atoms with E-state index in [-0.39, 0.29) is 12.1 Å². The molecule has 1 rings (SSSR count). The molecule has 0 aliphatic carbocycles. The molecular formula is C11H18O3. The van der Waals surface area contributed by atoms with Crippen LogP contribution in [0.3, 0.4) is 0 Å². The molecule has 1 aliphatic heterocycles. The topological polar surface area (TPSA) is 38.8 Å². The van der Waals surface area contributed by atoms with Crippen molar-refractivity contribution in [1.82, 2.24) is 0 Å². The van der Waals surface area contributed by atoms with Crippen molar-refractivity contribution in [2.24, 2.45) is 0 Å². The molecule has 1 aliphatic rings. The van der Waals surface area contributed by atoms with E-state index in [0.29, 0.717) is 12.7 Å². The standard InChI is InChI=1S/C11H18O3/c1-3-5-7-9-10(14-9)8-13-11(12)6-4-2/h4,6,9-10H,3,5,7-8H2,1-2H3. The van der Waals surface area contributed by atoms with Crippen LogP contribution in [0.4, 0.5) is 0 Å². The highest BCUT2D eigenvalue weighted by Crippen LogP contribution is 2.27. The summed E-state index contributed by atoms with van der Waals surface area (Å²) in [6.45, 7) is 4.35. The van der Waals surface area contributed by atoms with Gasteiger partial charge < -0.3 is 9.47 Å². The monoisotopic (exact) mass is 198 g/mol. The van der Waals surface area contributed by atoms with E-state index in [1.54, 1.807) is 13.0 Å². The molecule has 0 bridgehead atoms. The van der Waals surface area contributed by atoms with E-state index < -0.39 is 0 Å². The summed E-state index contributed by atoms with van der Waals surface area (Å²) >= 11 is 0. The van der Waals surface area contributed by atoms with Crippen LogP contribution >= 0.6 is 0 Å². The Morgan fingerprint density at radius 2 is 2.29 bits per heavy atom. The fourth-order valence-corrected chi connectivity index (χ4v) is 1.33. The predicted molar refractivity (Wildman–Crippen MR) is 54.0 cm³/mol. The lowest BCUT2D eigenvalue weighted by molar-refractivity contribution is -0.138. The molecule has 14 heavy (non-hydrogen) atoms. The van der Waals surface area contributed by atoms with E-state index in [9.17, 15) is 4.79 Å². The molecule has 0 N–H and O–H groups in total. The molecule has 3 nitrogen and oxygen atoms in total. The molecular weight excluding hydrogens is 180 g/mol. The Hall–Kier alpha value is -0.830. The summed E-state index contributed by atoms with van der Waals surface area (Å²) < 4.78 is 10.3. The first-order valence-corrected chi connectivity index (χ1v) is 5.22. The van der Waals surface area contributed by atoms with Gasteiger partial charge in [-0.25, -0.2) is 4.79 Å². The number of epoxide rings is 1. The number of allylic oxidation sites excluding steroid dienone is 1. The fraction of sp³-hybridized carbons (Fsp3) is 0.727. The van der Waals surface area contributed by atoms with Gasteiger partial charge in [0.2, 0.25) is 0 Å². The molecule has 80 valence electrons. The van der Waals surface area contributed by atoms with Crippen LogP contribution < -0.4 is 0 Å². The van der Waals surface area contributed by atoms with Crippen LogP contribution in [0, 0.1) is 0 Å². The SMILES string of the molecule is CC=CC(=O)OCC1OC1CCCC. The minimum Gasteiger partial charge on any atom is -0.460 e. The van der Waals surface area contributed by atoms with Crippen molar-refractivity contribution in [3.63, 3.8) is 0 Å². The predicted octanol–water partition coefficient (Wildman–Crippen LogP) is 2.06. The van der Waals surface area contributed by atoms with E-state index in [2.05, 4.69) is 6.92 Å². The first-order chi connectivity index (χ1) is 6.77. The summed E-state index contributed by atoms with van der Waals surface area (Å²) in [5, 5.41) is 0.